The first kappa shape index (κ1) is 15.8. The van der Waals surface area contributed by atoms with E-state index < -0.39 is 6.04 Å². The number of allylic oxidation sites excluding steroid dienone is 1. The Morgan fingerprint density at radius 1 is 1.19 bits per heavy atom. The number of aryl methyl sites for hydroxylation is 1. The van der Waals surface area contributed by atoms with E-state index in [0.29, 0.717) is 13.0 Å². The van der Waals surface area contributed by atoms with Gasteiger partial charge >= 0.3 is 0 Å². The molecule has 0 heterocycles. The van der Waals surface area contributed by atoms with Crippen molar-refractivity contribution >= 4 is 5.91 Å². The minimum atomic E-state index is -0.412. The summed E-state index contributed by atoms with van der Waals surface area (Å²) in [4.78, 5) is 12.0. The van der Waals surface area contributed by atoms with Crippen molar-refractivity contribution in [1.29, 1.82) is 0 Å². The van der Waals surface area contributed by atoms with Crippen LogP contribution in [0.3, 0.4) is 0 Å². The van der Waals surface area contributed by atoms with Crippen LogP contribution in [-0.4, -0.2) is 18.5 Å². The molecule has 3 heteroatoms. The molecule has 1 aliphatic rings. The molecule has 1 unspecified atom stereocenters. The average molecular weight is 286 g/mol. The number of rotatable bonds is 7. The Morgan fingerprint density at radius 3 is 2.71 bits per heavy atom. The van der Waals surface area contributed by atoms with Gasteiger partial charge in [-0.05, 0) is 50.5 Å². The van der Waals surface area contributed by atoms with Crippen molar-refractivity contribution in [1.82, 2.24) is 5.32 Å². The van der Waals surface area contributed by atoms with Crippen LogP contribution in [0.5, 0.6) is 0 Å². The number of amides is 1. The van der Waals surface area contributed by atoms with Gasteiger partial charge in [0.1, 0.15) is 0 Å². The zero-order valence-electron chi connectivity index (χ0n) is 12.7. The van der Waals surface area contributed by atoms with E-state index in [9.17, 15) is 4.79 Å². The van der Waals surface area contributed by atoms with Crippen LogP contribution in [0.25, 0.3) is 0 Å². The molecule has 1 atom stereocenters. The molecular formula is C18H26N2O. The first-order valence-corrected chi connectivity index (χ1v) is 8.01. The second-order valence-corrected chi connectivity index (χ2v) is 5.78. The molecule has 0 fully saturated rings. The van der Waals surface area contributed by atoms with Crippen molar-refractivity contribution in [3.63, 3.8) is 0 Å². The number of nitrogens with one attached hydrogen (secondary N) is 1. The molecular weight excluding hydrogens is 260 g/mol. The van der Waals surface area contributed by atoms with Crippen LogP contribution < -0.4 is 11.1 Å². The quantitative estimate of drug-likeness (QED) is 0.757. The van der Waals surface area contributed by atoms with Crippen LogP contribution in [0.2, 0.25) is 0 Å². The number of carbonyl (C=O) groups excluding carboxylic acids is 1. The van der Waals surface area contributed by atoms with Gasteiger partial charge in [-0.3, -0.25) is 4.79 Å². The van der Waals surface area contributed by atoms with Gasteiger partial charge in [0.2, 0.25) is 5.91 Å². The third kappa shape index (κ3) is 5.72. The summed E-state index contributed by atoms with van der Waals surface area (Å²) >= 11 is 0. The van der Waals surface area contributed by atoms with E-state index in [1.54, 1.807) is 0 Å². The van der Waals surface area contributed by atoms with Crippen LogP contribution in [0.1, 0.15) is 44.1 Å². The molecule has 0 bridgehead atoms. The highest BCUT2D eigenvalue weighted by molar-refractivity contribution is 5.81. The molecule has 0 saturated heterocycles. The predicted octanol–water partition coefficient (Wildman–Crippen LogP) is 2.95. The van der Waals surface area contributed by atoms with Gasteiger partial charge in [0.25, 0.3) is 0 Å². The predicted molar refractivity (Wildman–Crippen MR) is 86.9 cm³/mol. The first-order valence-electron chi connectivity index (χ1n) is 8.01. The second-order valence-electron chi connectivity index (χ2n) is 5.78. The molecule has 1 aliphatic carbocycles. The van der Waals surface area contributed by atoms with Crippen molar-refractivity contribution in [2.75, 3.05) is 6.54 Å². The van der Waals surface area contributed by atoms with Crippen LogP contribution in [0.15, 0.2) is 42.0 Å². The molecule has 1 aromatic rings. The minimum Gasteiger partial charge on any atom is -0.354 e. The number of hydrogen-bond acceptors (Lipinski definition) is 2. The van der Waals surface area contributed by atoms with Crippen LogP contribution >= 0.6 is 0 Å². The zero-order chi connectivity index (χ0) is 14.9. The maximum absolute atomic E-state index is 12.0. The van der Waals surface area contributed by atoms with Crippen molar-refractivity contribution in [2.45, 2.75) is 51.0 Å². The van der Waals surface area contributed by atoms with Gasteiger partial charge in [0.15, 0.2) is 0 Å². The molecule has 3 N–H and O–H groups in total. The Kier molecular flexibility index (Phi) is 6.48. The van der Waals surface area contributed by atoms with Gasteiger partial charge in [-0.2, -0.15) is 0 Å². The molecule has 0 radical (unpaired) electrons. The molecule has 0 spiro atoms. The molecule has 1 amide bonds. The van der Waals surface area contributed by atoms with E-state index in [1.165, 1.54) is 36.8 Å². The monoisotopic (exact) mass is 286 g/mol. The molecule has 0 aliphatic heterocycles. The smallest absolute Gasteiger partial charge is 0.236 e. The lowest BCUT2D eigenvalue weighted by molar-refractivity contribution is -0.122. The Bertz CT molecular complexity index is 467. The van der Waals surface area contributed by atoms with Gasteiger partial charge in [0, 0.05) is 6.54 Å². The zero-order valence-corrected chi connectivity index (χ0v) is 12.7. The highest BCUT2D eigenvalue weighted by atomic mass is 16.2. The number of hydrogen-bond donors (Lipinski definition) is 2. The number of nitrogens with two attached hydrogens (primary N) is 1. The minimum absolute atomic E-state index is 0.0256. The Morgan fingerprint density at radius 2 is 2.00 bits per heavy atom. The van der Waals surface area contributed by atoms with E-state index in [1.807, 2.05) is 18.2 Å². The third-order valence-electron chi connectivity index (χ3n) is 4.05. The molecule has 2 rings (SSSR count). The summed E-state index contributed by atoms with van der Waals surface area (Å²) in [6.07, 6.45) is 9.81. The summed E-state index contributed by atoms with van der Waals surface area (Å²) in [5.41, 5.74) is 8.67. The maximum atomic E-state index is 12.0. The van der Waals surface area contributed by atoms with Crippen molar-refractivity contribution in [2.24, 2.45) is 5.73 Å². The second kappa shape index (κ2) is 8.63. The summed E-state index contributed by atoms with van der Waals surface area (Å²) in [7, 11) is 0. The Hall–Kier alpha value is -1.61. The molecule has 0 aromatic heterocycles. The first-order chi connectivity index (χ1) is 10.3. The van der Waals surface area contributed by atoms with Gasteiger partial charge in [-0.1, -0.05) is 42.0 Å². The van der Waals surface area contributed by atoms with Gasteiger partial charge < -0.3 is 11.1 Å². The fourth-order valence-electron chi connectivity index (χ4n) is 2.71. The summed E-state index contributed by atoms with van der Waals surface area (Å²) in [6.45, 7) is 0.712. The highest BCUT2D eigenvalue weighted by Gasteiger charge is 2.13. The summed E-state index contributed by atoms with van der Waals surface area (Å²) in [5, 5.41) is 2.96. The van der Waals surface area contributed by atoms with Gasteiger partial charge in [0.05, 0.1) is 6.04 Å². The number of carbonyl (C=O) groups is 1. The SMILES string of the molecule is NC(CCc1ccccc1)C(=O)NCCC1=CCCCC1. The lowest BCUT2D eigenvalue weighted by Gasteiger charge is -2.15. The van der Waals surface area contributed by atoms with E-state index in [0.717, 1.165) is 12.8 Å². The average Bonchev–Trinajstić information content (AvgIpc) is 2.54. The van der Waals surface area contributed by atoms with Crippen molar-refractivity contribution < 1.29 is 4.79 Å². The summed E-state index contributed by atoms with van der Waals surface area (Å²) in [5.74, 6) is -0.0256. The highest BCUT2D eigenvalue weighted by Crippen LogP contribution is 2.19. The molecule has 21 heavy (non-hydrogen) atoms. The van der Waals surface area contributed by atoms with E-state index in [-0.39, 0.29) is 5.91 Å². The number of benzene rings is 1. The van der Waals surface area contributed by atoms with Crippen LogP contribution in [0.4, 0.5) is 0 Å². The van der Waals surface area contributed by atoms with Gasteiger partial charge in [-0.25, -0.2) is 0 Å². The standard InChI is InChI=1S/C18H26N2O/c19-17(12-11-15-7-3-1-4-8-15)18(21)20-14-13-16-9-5-2-6-10-16/h1,3-4,7-9,17H,2,5-6,10-14,19H2,(H,20,21). The van der Waals surface area contributed by atoms with Gasteiger partial charge in [-0.15, -0.1) is 0 Å². The fraction of sp³-hybridized carbons (Fsp3) is 0.500. The summed E-state index contributed by atoms with van der Waals surface area (Å²) in [6, 6.07) is 9.75. The largest absolute Gasteiger partial charge is 0.354 e. The van der Waals surface area contributed by atoms with Crippen molar-refractivity contribution in [3.05, 3.63) is 47.5 Å². The van der Waals surface area contributed by atoms with E-state index in [2.05, 4.69) is 23.5 Å². The van der Waals surface area contributed by atoms with Crippen LogP contribution in [0, 0.1) is 0 Å². The molecule has 0 saturated carbocycles. The maximum Gasteiger partial charge on any atom is 0.236 e. The lowest BCUT2D eigenvalue weighted by Crippen LogP contribution is -2.41. The molecule has 3 nitrogen and oxygen atoms in total. The Balaban J connectivity index is 1.64. The van der Waals surface area contributed by atoms with Crippen molar-refractivity contribution in [3.8, 4) is 0 Å². The lowest BCUT2D eigenvalue weighted by atomic mass is 9.97. The summed E-state index contributed by atoms with van der Waals surface area (Å²) < 4.78 is 0. The Labute approximate surface area is 127 Å². The molecule has 1 aromatic carbocycles. The molecule has 114 valence electrons. The fourth-order valence-corrected chi connectivity index (χ4v) is 2.71. The topological polar surface area (TPSA) is 55.1 Å². The normalized spacial score (nSPS) is 16.1. The van der Waals surface area contributed by atoms with E-state index >= 15 is 0 Å². The third-order valence-corrected chi connectivity index (χ3v) is 4.05. The van der Waals surface area contributed by atoms with E-state index in [4.69, 9.17) is 5.73 Å². The van der Waals surface area contributed by atoms with Crippen LogP contribution in [-0.2, 0) is 11.2 Å².